The van der Waals surface area contributed by atoms with E-state index in [1.165, 1.54) is 0 Å². The zero-order valence-corrected chi connectivity index (χ0v) is 9.73. The third kappa shape index (κ3) is 2.93. The van der Waals surface area contributed by atoms with Gasteiger partial charge in [0.15, 0.2) is 0 Å². The third-order valence-electron chi connectivity index (χ3n) is 2.09. The molecule has 1 heterocycles. The van der Waals surface area contributed by atoms with E-state index in [1.807, 2.05) is 6.92 Å². The molecule has 7 nitrogen and oxygen atoms in total. The van der Waals surface area contributed by atoms with Crippen LogP contribution < -0.4 is 16.0 Å². The summed E-state index contributed by atoms with van der Waals surface area (Å²) in [6.45, 7) is 4.45. The lowest BCUT2D eigenvalue weighted by Crippen LogP contribution is -2.35. The van der Waals surface area contributed by atoms with Gasteiger partial charge in [-0.25, -0.2) is 0 Å². The molecular weight excluding hydrogens is 210 g/mol. The second-order valence-electron chi connectivity index (χ2n) is 3.40. The van der Waals surface area contributed by atoms with E-state index in [-0.39, 0.29) is 18.5 Å². The molecule has 0 radical (unpaired) electrons. The lowest BCUT2D eigenvalue weighted by molar-refractivity contribution is -0.119. The quantitative estimate of drug-likeness (QED) is 0.714. The number of aromatic nitrogens is 2. The molecule has 0 saturated heterocycles. The van der Waals surface area contributed by atoms with Crippen molar-refractivity contribution in [3.63, 3.8) is 0 Å². The smallest absolute Gasteiger partial charge is 0.318 e. The zero-order chi connectivity index (χ0) is 12.1. The molecule has 1 atom stereocenters. The zero-order valence-electron chi connectivity index (χ0n) is 9.73. The number of nitrogens with zero attached hydrogens (tertiary/aromatic N) is 3. The predicted octanol–water partition coefficient (Wildman–Crippen LogP) is -0.338. The van der Waals surface area contributed by atoms with Crippen molar-refractivity contribution >= 4 is 11.9 Å². The van der Waals surface area contributed by atoms with Gasteiger partial charge < -0.3 is 20.4 Å². The fourth-order valence-electron chi connectivity index (χ4n) is 1.11. The molecular formula is C9H17N5O2. The number of likely N-dealkylation sites (N-methyl/N-ethyl adjacent to an activating group) is 2. The number of carbonyl (C=O) groups is 1. The van der Waals surface area contributed by atoms with Gasteiger partial charge in [0.05, 0.1) is 6.04 Å². The Morgan fingerprint density at radius 3 is 2.75 bits per heavy atom. The maximum Gasteiger partial charge on any atom is 0.318 e. The first-order valence-electron chi connectivity index (χ1n) is 5.13. The van der Waals surface area contributed by atoms with Crippen LogP contribution >= 0.6 is 0 Å². The van der Waals surface area contributed by atoms with Crippen molar-refractivity contribution in [3.8, 4) is 0 Å². The lowest BCUT2D eigenvalue weighted by atomic mass is 10.4. The van der Waals surface area contributed by atoms with E-state index >= 15 is 0 Å². The molecule has 0 saturated carbocycles. The molecule has 0 spiro atoms. The van der Waals surface area contributed by atoms with Crippen molar-refractivity contribution in [2.75, 3.05) is 25.0 Å². The van der Waals surface area contributed by atoms with Crippen LogP contribution in [0.3, 0.4) is 0 Å². The minimum Gasteiger partial charge on any atom is -0.406 e. The number of carbonyl (C=O) groups excluding carboxylic acids is 1. The molecule has 0 bridgehead atoms. The first kappa shape index (κ1) is 12.4. The van der Waals surface area contributed by atoms with Crippen LogP contribution in [-0.4, -0.2) is 36.2 Å². The van der Waals surface area contributed by atoms with Gasteiger partial charge in [0.25, 0.3) is 0 Å². The van der Waals surface area contributed by atoms with Crippen molar-refractivity contribution in [1.29, 1.82) is 0 Å². The minimum atomic E-state index is -0.306. The van der Waals surface area contributed by atoms with Crippen molar-refractivity contribution in [2.24, 2.45) is 5.73 Å². The highest BCUT2D eigenvalue weighted by molar-refractivity contribution is 5.80. The van der Waals surface area contributed by atoms with Gasteiger partial charge in [0, 0.05) is 13.6 Å². The number of anilines is 1. The summed E-state index contributed by atoms with van der Waals surface area (Å²) in [6.07, 6.45) is 0. The molecule has 1 aromatic heterocycles. The average molecular weight is 227 g/mol. The maximum absolute atomic E-state index is 11.2. The number of hydrogen-bond donors (Lipinski definition) is 2. The van der Waals surface area contributed by atoms with Crippen LogP contribution in [0.4, 0.5) is 6.01 Å². The van der Waals surface area contributed by atoms with E-state index in [0.717, 1.165) is 0 Å². The Hall–Kier alpha value is -1.63. The van der Waals surface area contributed by atoms with Gasteiger partial charge in [-0.2, -0.15) is 0 Å². The van der Waals surface area contributed by atoms with E-state index in [9.17, 15) is 4.79 Å². The van der Waals surface area contributed by atoms with Crippen LogP contribution in [0.2, 0.25) is 0 Å². The monoisotopic (exact) mass is 227 g/mol. The summed E-state index contributed by atoms with van der Waals surface area (Å²) in [5.74, 6) is 0.257. The maximum atomic E-state index is 11.2. The molecule has 90 valence electrons. The summed E-state index contributed by atoms with van der Waals surface area (Å²) in [5.41, 5.74) is 5.60. The first-order valence-corrected chi connectivity index (χ1v) is 5.13. The second-order valence-corrected chi connectivity index (χ2v) is 3.40. The molecule has 0 aromatic carbocycles. The lowest BCUT2D eigenvalue weighted by Gasteiger charge is -2.16. The molecule has 1 amide bonds. The molecule has 0 aliphatic rings. The van der Waals surface area contributed by atoms with Crippen molar-refractivity contribution in [1.82, 2.24) is 15.5 Å². The van der Waals surface area contributed by atoms with E-state index in [0.29, 0.717) is 18.5 Å². The highest BCUT2D eigenvalue weighted by Gasteiger charge is 2.16. The standard InChI is InChI=1S/C9H17N5O2/c1-4-14(5-7(15)11-3)9-13-12-8(16-9)6(2)10/h6H,4-5,10H2,1-3H3,(H,11,15). The molecule has 0 aliphatic carbocycles. The molecule has 0 aliphatic heterocycles. The summed E-state index contributed by atoms with van der Waals surface area (Å²) in [6, 6.07) is 0.0124. The highest BCUT2D eigenvalue weighted by Crippen LogP contribution is 2.15. The number of hydrogen-bond acceptors (Lipinski definition) is 6. The molecule has 7 heteroatoms. The van der Waals surface area contributed by atoms with Crippen LogP contribution in [0.1, 0.15) is 25.8 Å². The van der Waals surface area contributed by atoms with Crippen molar-refractivity contribution < 1.29 is 9.21 Å². The molecule has 1 rings (SSSR count). The average Bonchev–Trinajstić information content (AvgIpc) is 2.74. The van der Waals surface area contributed by atoms with Crippen LogP contribution in [0, 0.1) is 0 Å². The van der Waals surface area contributed by atoms with Gasteiger partial charge in [-0.3, -0.25) is 4.79 Å². The highest BCUT2D eigenvalue weighted by atomic mass is 16.4. The Labute approximate surface area is 94.0 Å². The van der Waals surface area contributed by atoms with E-state index in [4.69, 9.17) is 10.2 Å². The summed E-state index contributed by atoms with van der Waals surface area (Å²) in [5, 5.41) is 10.2. The van der Waals surface area contributed by atoms with Crippen LogP contribution in [-0.2, 0) is 4.79 Å². The van der Waals surface area contributed by atoms with E-state index < -0.39 is 0 Å². The largest absolute Gasteiger partial charge is 0.406 e. The van der Waals surface area contributed by atoms with Crippen LogP contribution in [0.15, 0.2) is 4.42 Å². The van der Waals surface area contributed by atoms with Crippen molar-refractivity contribution in [2.45, 2.75) is 19.9 Å². The van der Waals surface area contributed by atoms with Crippen LogP contribution in [0.25, 0.3) is 0 Å². The summed E-state index contributed by atoms with van der Waals surface area (Å²) < 4.78 is 5.34. The SMILES string of the molecule is CCN(CC(=O)NC)c1nnc(C(C)N)o1. The second kappa shape index (κ2) is 5.45. The number of rotatable bonds is 5. The van der Waals surface area contributed by atoms with E-state index in [2.05, 4.69) is 15.5 Å². The van der Waals surface area contributed by atoms with Crippen LogP contribution in [0.5, 0.6) is 0 Å². The number of amides is 1. The van der Waals surface area contributed by atoms with Gasteiger partial charge in [0.1, 0.15) is 6.54 Å². The fourth-order valence-corrected chi connectivity index (χ4v) is 1.11. The van der Waals surface area contributed by atoms with Gasteiger partial charge in [0.2, 0.25) is 11.8 Å². The van der Waals surface area contributed by atoms with Gasteiger partial charge >= 0.3 is 6.01 Å². The summed E-state index contributed by atoms with van der Waals surface area (Å²) in [4.78, 5) is 12.9. The minimum absolute atomic E-state index is 0.109. The Bertz CT molecular complexity index is 349. The Morgan fingerprint density at radius 1 is 1.62 bits per heavy atom. The number of nitrogens with one attached hydrogen (secondary N) is 1. The number of nitrogens with two attached hydrogens (primary N) is 1. The van der Waals surface area contributed by atoms with Gasteiger partial charge in [-0.05, 0) is 13.8 Å². The molecule has 1 aromatic rings. The Kier molecular flexibility index (Phi) is 4.24. The normalized spacial score (nSPS) is 12.2. The summed E-state index contributed by atoms with van der Waals surface area (Å²) >= 11 is 0. The van der Waals surface area contributed by atoms with Crippen molar-refractivity contribution in [3.05, 3.63) is 5.89 Å². The molecule has 16 heavy (non-hydrogen) atoms. The third-order valence-corrected chi connectivity index (χ3v) is 2.09. The molecule has 0 fully saturated rings. The fraction of sp³-hybridized carbons (Fsp3) is 0.667. The van der Waals surface area contributed by atoms with Gasteiger partial charge in [-0.15, -0.1) is 5.10 Å². The topological polar surface area (TPSA) is 97.3 Å². The Morgan fingerprint density at radius 2 is 2.31 bits per heavy atom. The van der Waals surface area contributed by atoms with Gasteiger partial charge in [-0.1, -0.05) is 5.10 Å². The predicted molar refractivity (Wildman–Crippen MR) is 58.9 cm³/mol. The molecule has 1 unspecified atom stereocenters. The summed E-state index contributed by atoms with van der Waals surface area (Å²) in [7, 11) is 1.58. The molecule has 3 N–H and O–H groups in total. The Balaban J connectivity index is 2.74. The first-order chi connectivity index (χ1) is 7.58. The van der Waals surface area contributed by atoms with E-state index in [1.54, 1.807) is 18.9 Å².